The minimum atomic E-state index is -0.289. The van der Waals surface area contributed by atoms with Crippen molar-refractivity contribution in [3.63, 3.8) is 0 Å². The number of hydrogen-bond acceptors (Lipinski definition) is 3. The highest BCUT2D eigenvalue weighted by Gasteiger charge is 2.26. The topological polar surface area (TPSA) is 56.1 Å². The highest BCUT2D eigenvalue weighted by Crippen LogP contribution is 2.30. The van der Waals surface area contributed by atoms with E-state index in [1.54, 1.807) is 16.8 Å². The molecule has 0 atom stereocenters. The first-order valence-corrected chi connectivity index (χ1v) is 9.63. The Bertz CT molecular complexity index is 1060. The molecule has 142 valence electrons. The van der Waals surface area contributed by atoms with Crippen molar-refractivity contribution >= 4 is 11.6 Å². The molecular weight excluding hydrogens is 357 g/mol. The van der Waals surface area contributed by atoms with Crippen molar-refractivity contribution in [2.24, 2.45) is 0 Å². The first-order chi connectivity index (χ1) is 13.7. The standard InChI is InChI=1S/C22H20FN3O2/c23-15-5-8-17(9-6-15)26-19-4-2-1-3-18(19)21(25-26)22(27)24-16-7-10-20-14(13-16)11-12-28-20/h5-10,13H,1-4,11-12H2,(H,24,27). The van der Waals surface area contributed by atoms with E-state index in [4.69, 9.17) is 4.74 Å². The van der Waals surface area contributed by atoms with Gasteiger partial charge in [0.2, 0.25) is 0 Å². The molecule has 5 rings (SSSR count). The molecule has 0 bridgehead atoms. The summed E-state index contributed by atoms with van der Waals surface area (Å²) in [5, 5.41) is 7.60. The Morgan fingerprint density at radius 3 is 2.75 bits per heavy atom. The number of anilines is 1. The Balaban J connectivity index is 1.49. The van der Waals surface area contributed by atoms with E-state index >= 15 is 0 Å². The quantitative estimate of drug-likeness (QED) is 0.748. The Labute approximate surface area is 162 Å². The van der Waals surface area contributed by atoms with Gasteiger partial charge in [0.15, 0.2) is 5.69 Å². The maximum absolute atomic E-state index is 13.3. The van der Waals surface area contributed by atoms with Crippen molar-refractivity contribution < 1.29 is 13.9 Å². The van der Waals surface area contributed by atoms with E-state index in [1.165, 1.54) is 12.1 Å². The molecule has 0 saturated heterocycles. The number of nitrogens with zero attached hydrogens (tertiary/aromatic N) is 2. The number of rotatable bonds is 3. The van der Waals surface area contributed by atoms with Gasteiger partial charge in [0.1, 0.15) is 11.6 Å². The normalized spacial score (nSPS) is 14.9. The molecule has 0 unspecified atom stereocenters. The molecule has 1 aliphatic heterocycles. The lowest BCUT2D eigenvalue weighted by Crippen LogP contribution is -2.15. The predicted molar refractivity (Wildman–Crippen MR) is 104 cm³/mol. The maximum Gasteiger partial charge on any atom is 0.276 e. The minimum absolute atomic E-state index is 0.210. The summed E-state index contributed by atoms with van der Waals surface area (Å²) >= 11 is 0. The van der Waals surface area contributed by atoms with E-state index in [2.05, 4.69) is 10.4 Å². The van der Waals surface area contributed by atoms with Crippen LogP contribution in [0.5, 0.6) is 5.75 Å². The van der Waals surface area contributed by atoms with Crippen molar-refractivity contribution in [1.29, 1.82) is 0 Å². The van der Waals surface area contributed by atoms with Crippen molar-refractivity contribution in [3.05, 3.63) is 70.8 Å². The van der Waals surface area contributed by atoms with Gasteiger partial charge in [-0.1, -0.05) is 0 Å². The van der Waals surface area contributed by atoms with Gasteiger partial charge in [-0.25, -0.2) is 9.07 Å². The molecule has 1 aliphatic carbocycles. The van der Waals surface area contributed by atoms with Crippen LogP contribution in [0, 0.1) is 5.82 Å². The van der Waals surface area contributed by atoms with Crippen LogP contribution in [0.2, 0.25) is 0 Å². The molecule has 28 heavy (non-hydrogen) atoms. The van der Waals surface area contributed by atoms with Crippen LogP contribution in [0.4, 0.5) is 10.1 Å². The number of amides is 1. The largest absolute Gasteiger partial charge is 0.493 e. The smallest absolute Gasteiger partial charge is 0.276 e. The number of carbonyl (C=O) groups is 1. The summed E-state index contributed by atoms with van der Waals surface area (Å²) in [4.78, 5) is 13.0. The zero-order valence-corrected chi connectivity index (χ0v) is 15.4. The summed E-state index contributed by atoms with van der Waals surface area (Å²) in [6.07, 6.45) is 4.65. The van der Waals surface area contributed by atoms with Gasteiger partial charge in [-0.05, 0) is 73.7 Å². The van der Waals surface area contributed by atoms with E-state index in [-0.39, 0.29) is 11.7 Å². The monoisotopic (exact) mass is 377 g/mol. The van der Waals surface area contributed by atoms with Crippen molar-refractivity contribution in [1.82, 2.24) is 9.78 Å². The minimum Gasteiger partial charge on any atom is -0.493 e. The molecule has 1 aromatic heterocycles. The van der Waals surface area contributed by atoms with Gasteiger partial charge in [-0.15, -0.1) is 0 Å². The van der Waals surface area contributed by atoms with Crippen molar-refractivity contribution in [2.75, 3.05) is 11.9 Å². The molecule has 1 N–H and O–H groups in total. The third-order valence-electron chi connectivity index (χ3n) is 5.41. The highest BCUT2D eigenvalue weighted by molar-refractivity contribution is 6.04. The second-order valence-electron chi connectivity index (χ2n) is 7.24. The molecule has 1 amide bonds. The summed E-state index contributed by atoms with van der Waals surface area (Å²) in [6, 6.07) is 11.9. The third-order valence-corrected chi connectivity index (χ3v) is 5.41. The van der Waals surface area contributed by atoms with Gasteiger partial charge < -0.3 is 10.1 Å². The van der Waals surface area contributed by atoms with E-state index in [0.29, 0.717) is 12.3 Å². The fourth-order valence-electron chi connectivity index (χ4n) is 4.03. The Kier molecular flexibility index (Phi) is 4.11. The molecule has 0 fully saturated rings. The lowest BCUT2D eigenvalue weighted by molar-refractivity contribution is 0.102. The summed E-state index contributed by atoms with van der Waals surface area (Å²) in [5.74, 6) is 0.386. The zero-order valence-electron chi connectivity index (χ0n) is 15.4. The van der Waals surface area contributed by atoms with E-state index in [9.17, 15) is 9.18 Å². The molecule has 3 aromatic rings. The van der Waals surface area contributed by atoms with Crippen LogP contribution >= 0.6 is 0 Å². The third kappa shape index (κ3) is 2.95. The van der Waals surface area contributed by atoms with Crippen LogP contribution < -0.4 is 10.1 Å². The summed E-state index contributed by atoms with van der Waals surface area (Å²) in [7, 11) is 0. The van der Waals surface area contributed by atoms with E-state index < -0.39 is 0 Å². The summed E-state index contributed by atoms with van der Waals surface area (Å²) < 4.78 is 20.6. The molecule has 2 aromatic carbocycles. The van der Waals surface area contributed by atoms with Gasteiger partial charge >= 0.3 is 0 Å². The predicted octanol–water partition coefficient (Wildman–Crippen LogP) is 4.08. The molecule has 0 spiro atoms. The first-order valence-electron chi connectivity index (χ1n) is 9.63. The molecule has 0 radical (unpaired) electrons. The first kappa shape index (κ1) is 17.0. The van der Waals surface area contributed by atoms with Crippen molar-refractivity contribution in [3.8, 4) is 11.4 Å². The number of fused-ring (bicyclic) bond motifs is 2. The number of carbonyl (C=O) groups excluding carboxylic acids is 1. The number of ether oxygens (including phenoxy) is 1. The number of aromatic nitrogens is 2. The zero-order chi connectivity index (χ0) is 19.1. The van der Waals surface area contributed by atoms with Crippen LogP contribution in [0.1, 0.15) is 40.2 Å². The van der Waals surface area contributed by atoms with E-state index in [1.807, 2.05) is 18.2 Å². The number of nitrogens with one attached hydrogen (secondary N) is 1. The Morgan fingerprint density at radius 2 is 1.89 bits per heavy atom. The maximum atomic E-state index is 13.3. The van der Waals surface area contributed by atoms with Crippen LogP contribution in [-0.4, -0.2) is 22.3 Å². The van der Waals surface area contributed by atoms with Gasteiger partial charge in [0.05, 0.1) is 12.3 Å². The molecule has 0 saturated carbocycles. The van der Waals surface area contributed by atoms with Gasteiger partial charge in [0, 0.05) is 23.4 Å². The summed E-state index contributed by atoms with van der Waals surface area (Å²) in [5.41, 5.74) is 5.12. The molecular formula is C22H20FN3O2. The van der Waals surface area contributed by atoms with Crippen molar-refractivity contribution in [2.45, 2.75) is 32.1 Å². The Morgan fingerprint density at radius 1 is 1.07 bits per heavy atom. The number of benzene rings is 2. The molecule has 2 heterocycles. The fraction of sp³-hybridized carbons (Fsp3) is 0.273. The lowest BCUT2D eigenvalue weighted by Gasteiger charge is -2.14. The fourth-order valence-corrected chi connectivity index (χ4v) is 4.03. The average molecular weight is 377 g/mol. The molecule has 2 aliphatic rings. The second kappa shape index (κ2) is 6.78. The van der Waals surface area contributed by atoms with Crippen LogP contribution in [0.25, 0.3) is 5.69 Å². The van der Waals surface area contributed by atoms with Crippen LogP contribution in [0.15, 0.2) is 42.5 Å². The Hall–Kier alpha value is -3.15. The van der Waals surface area contributed by atoms with E-state index in [0.717, 1.165) is 66.0 Å². The second-order valence-corrected chi connectivity index (χ2v) is 7.24. The number of hydrogen-bond donors (Lipinski definition) is 1. The van der Waals surface area contributed by atoms with Crippen LogP contribution in [0.3, 0.4) is 0 Å². The van der Waals surface area contributed by atoms with Gasteiger partial charge in [0.25, 0.3) is 5.91 Å². The van der Waals surface area contributed by atoms with Gasteiger partial charge in [-0.2, -0.15) is 5.10 Å². The summed E-state index contributed by atoms with van der Waals surface area (Å²) in [6.45, 7) is 0.683. The molecule has 6 heteroatoms. The highest BCUT2D eigenvalue weighted by atomic mass is 19.1. The number of halogens is 1. The van der Waals surface area contributed by atoms with Gasteiger partial charge in [-0.3, -0.25) is 4.79 Å². The SMILES string of the molecule is O=C(Nc1ccc2c(c1)CCO2)c1nn(-c2ccc(F)cc2)c2c1CCCC2. The lowest BCUT2D eigenvalue weighted by atomic mass is 9.95. The van der Waals surface area contributed by atoms with Crippen LogP contribution in [-0.2, 0) is 19.3 Å². The molecule has 5 nitrogen and oxygen atoms in total. The average Bonchev–Trinajstić information content (AvgIpc) is 3.33.